The van der Waals surface area contributed by atoms with Gasteiger partial charge in [-0.05, 0) is 51.9 Å². The minimum Gasteiger partial charge on any atom is -0.0827 e. The average molecular weight is 622 g/mol. The summed E-state index contributed by atoms with van der Waals surface area (Å²) in [6, 6.07) is 47.0. The van der Waals surface area contributed by atoms with Crippen LogP contribution in [0.3, 0.4) is 0 Å². The van der Waals surface area contributed by atoms with E-state index in [4.69, 9.17) is 23.2 Å². The quantitative estimate of drug-likeness (QED) is 0.141. The topological polar surface area (TPSA) is 0 Å². The van der Waals surface area contributed by atoms with E-state index in [9.17, 15) is 0 Å². The van der Waals surface area contributed by atoms with Gasteiger partial charge in [0.05, 0.1) is 10.0 Å². The summed E-state index contributed by atoms with van der Waals surface area (Å²) in [4.78, 5) is 0. The Kier molecular flexibility index (Phi) is 7.71. The van der Waals surface area contributed by atoms with Gasteiger partial charge in [0, 0.05) is 10.6 Å². The molecule has 6 rings (SSSR count). The van der Waals surface area contributed by atoms with Crippen LogP contribution in [0, 0.1) is 0 Å². The summed E-state index contributed by atoms with van der Waals surface area (Å²) in [6.07, 6.45) is 2.33. The molecule has 0 saturated carbocycles. The molecule has 0 atom stereocenters. The van der Waals surface area contributed by atoms with Crippen LogP contribution in [0.2, 0.25) is 10.0 Å². The van der Waals surface area contributed by atoms with Gasteiger partial charge in [-0.2, -0.15) is 0 Å². The minimum atomic E-state index is -2.49. The first-order valence-corrected chi connectivity index (χ1v) is 14.4. The van der Waals surface area contributed by atoms with E-state index in [1.54, 1.807) is 0 Å². The first-order chi connectivity index (χ1) is 17.7. The summed E-state index contributed by atoms with van der Waals surface area (Å²) in [6.45, 7) is -2.49. The Labute approximate surface area is 241 Å². The van der Waals surface area contributed by atoms with Crippen LogP contribution in [0.15, 0.2) is 133 Å². The van der Waals surface area contributed by atoms with Crippen LogP contribution in [0.4, 0.5) is 0 Å². The van der Waals surface area contributed by atoms with Crippen molar-refractivity contribution in [3.05, 3.63) is 160 Å². The number of hydrogen-bond donors (Lipinski definition) is 0. The van der Waals surface area contributed by atoms with E-state index in [-0.39, 0.29) is 19.5 Å². The van der Waals surface area contributed by atoms with E-state index in [2.05, 4.69) is 127 Å². The second-order valence-corrected chi connectivity index (χ2v) is 12.9. The van der Waals surface area contributed by atoms with E-state index < -0.39 is 6.89 Å². The Balaban J connectivity index is 0.00000280. The van der Waals surface area contributed by atoms with Gasteiger partial charge in [0.15, 0.2) is 0 Å². The molecule has 0 fully saturated rings. The number of fused-ring (bicyclic) bond motifs is 1. The molecule has 0 radical (unpaired) electrons. The van der Waals surface area contributed by atoms with Crippen molar-refractivity contribution in [1.29, 1.82) is 0 Å². The van der Waals surface area contributed by atoms with Gasteiger partial charge in [0.1, 0.15) is 0 Å². The van der Waals surface area contributed by atoms with Crippen LogP contribution in [0.1, 0.15) is 16.7 Å². The SMILES string of the molecule is Clc1cccc(P(=C2C(c3ccccc3)=Cc3ccccc32)(c2ccccc2)c2ccccc2)c1Cl.[Ru+2]. The Morgan fingerprint density at radius 2 is 1.05 bits per heavy atom. The van der Waals surface area contributed by atoms with Crippen LogP contribution in [-0.2, 0) is 19.5 Å². The van der Waals surface area contributed by atoms with Gasteiger partial charge in [0.25, 0.3) is 0 Å². The molecule has 0 bridgehead atoms. The Bertz CT molecular complexity index is 1600. The molecule has 0 heterocycles. The predicted octanol–water partition coefficient (Wildman–Crippen LogP) is 8.06. The van der Waals surface area contributed by atoms with Crippen molar-refractivity contribution in [1.82, 2.24) is 0 Å². The van der Waals surface area contributed by atoms with E-state index in [1.165, 1.54) is 38.2 Å². The van der Waals surface area contributed by atoms with Gasteiger partial charge in [-0.1, -0.05) is 151 Å². The zero-order valence-corrected chi connectivity index (χ0v) is 24.0. The largest absolute Gasteiger partial charge is 2.00 e. The maximum Gasteiger partial charge on any atom is 2.00 e. The maximum atomic E-state index is 7.14. The summed E-state index contributed by atoms with van der Waals surface area (Å²) in [5, 5.41) is 6.06. The van der Waals surface area contributed by atoms with Crippen molar-refractivity contribution in [3.8, 4) is 0 Å². The van der Waals surface area contributed by atoms with Gasteiger partial charge in [0.2, 0.25) is 0 Å². The van der Waals surface area contributed by atoms with E-state index in [0.29, 0.717) is 10.0 Å². The van der Waals surface area contributed by atoms with Crippen molar-refractivity contribution < 1.29 is 19.5 Å². The standard InChI is InChI=1S/C33H23Cl2P.Ru/c34-30-21-12-22-31(32(30)35)36(26-16-6-2-7-17-26,27-18-8-3-9-19-27)33-28-20-11-10-15-25(28)23-29(33)24-13-4-1-5-14-24;/h1-23H;/q;+2. The second-order valence-electron chi connectivity index (χ2n) is 8.77. The number of halogens is 2. The summed E-state index contributed by atoms with van der Waals surface area (Å²) in [5.41, 5.74) is 4.89. The van der Waals surface area contributed by atoms with Gasteiger partial charge < -0.3 is 0 Å². The molecule has 0 unspecified atom stereocenters. The zero-order chi connectivity index (χ0) is 24.5. The maximum absolute atomic E-state index is 7.14. The molecule has 180 valence electrons. The van der Waals surface area contributed by atoms with E-state index >= 15 is 0 Å². The third-order valence-electron chi connectivity index (χ3n) is 6.77. The van der Waals surface area contributed by atoms with Crippen molar-refractivity contribution >= 4 is 62.9 Å². The van der Waals surface area contributed by atoms with Gasteiger partial charge in [-0.15, -0.1) is 0 Å². The van der Waals surface area contributed by atoms with Gasteiger partial charge in [-0.25, -0.2) is 0 Å². The first kappa shape index (κ1) is 26.0. The molecule has 1 aliphatic rings. The monoisotopic (exact) mass is 622 g/mol. The third-order valence-corrected chi connectivity index (χ3v) is 12.1. The average Bonchev–Trinajstić information content (AvgIpc) is 3.33. The Morgan fingerprint density at radius 3 is 1.68 bits per heavy atom. The molecule has 0 aromatic heterocycles. The molecule has 0 saturated heterocycles. The molecule has 0 spiro atoms. The van der Waals surface area contributed by atoms with Crippen molar-refractivity contribution in [2.45, 2.75) is 0 Å². The molecular weight excluding hydrogens is 599 g/mol. The molecule has 5 aromatic carbocycles. The second kappa shape index (κ2) is 11.0. The fraction of sp³-hybridized carbons (Fsp3) is 0. The normalized spacial score (nSPS) is 12.5. The van der Waals surface area contributed by atoms with Crippen LogP contribution in [-0.4, -0.2) is 5.29 Å². The predicted molar refractivity (Wildman–Crippen MR) is 160 cm³/mol. The fourth-order valence-corrected chi connectivity index (χ4v) is 10.7. The molecular formula is C33H23Cl2PRu+2. The molecule has 4 heteroatoms. The van der Waals surface area contributed by atoms with Crippen LogP contribution in [0.25, 0.3) is 11.6 Å². The molecule has 5 aromatic rings. The smallest absolute Gasteiger partial charge is 0.0827 e. The van der Waals surface area contributed by atoms with Crippen molar-refractivity contribution in [3.63, 3.8) is 0 Å². The Hall–Kier alpha value is -2.66. The Morgan fingerprint density at radius 1 is 0.514 bits per heavy atom. The number of hydrogen-bond acceptors (Lipinski definition) is 0. The summed E-state index contributed by atoms with van der Waals surface area (Å²) in [5.74, 6) is 0. The molecule has 37 heavy (non-hydrogen) atoms. The van der Waals surface area contributed by atoms with Crippen LogP contribution in [0.5, 0.6) is 0 Å². The summed E-state index contributed by atoms with van der Waals surface area (Å²) < 4.78 is 0. The number of allylic oxidation sites excluding steroid dienone is 1. The summed E-state index contributed by atoms with van der Waals surface area (Å²) in [7, 11) is 0. The van der Waals surface area contributed by atoms with E-state index in [1.807, 2.05) is 12.1 Å². The first-order valence-electron chi connectivity index (χ1n) is 11.9. The fourth-order valence-electron chi connectivity index (χ4n) is 5.27. The van der Waals surface area contributed by atoms with Gasteiger partial charge >= 0.3 is 19.5 Å². The molecule has 0 aliphatic heterocycles. The third kappa shape index (κ3) is 4.39. The van der Waals surface area contributed by atoms with Crippen molar-refractivity contribution in [2.75, 3.05) is 0 Å². The molecule has 0 N–H and O–H groups in total. The van der Waals surface area contributed by atoms with Crippen molar-refractivity contribution in [2.24, 2.45) is 0 Å². The minimum absolute atomic E-state index is 0. The number of benzene rings is 5. The van der Waals surface area contributed by atoms with Crippen LogP contribution >= 0.6 is 30.1 Å². The van der Waals surface area contributed by atoms with Crippen LogP contribution < -0.4 is 15.9 Å². The zero-order valence-electron chi connectivity index (χ0n) is 19.8. The molecule has 1 aliphatic carbocycles. The van der Waals surface area contributed by atoms with Gasteiger partial charge in [-0.3, -0.25) is 0 Å². The summed E-state index contributed by atoms with van der Waals surface area (Å²) >= 11 is 13.9. The number of rotatable bonds is 4. The molecule has 0 amide bonds. The molecule has 0 nitrogen and oxygen atoms in total. The van der Waals surface area contributed by atoms with E-state index in [0.717, 1.165) is 5.30 Å².